The first-order chi connectivity index (χ1) is 14.9. The van der Waals surface area contributed by atoms with Gasteiger partial charge in [0, 0.05) is 26.2 Å². The molecule has 0 aromatic rings. The van der Waals surface area contributed by atoms with Crippen LogP contribution in [0.25, 0.3) is 0 Å². The van der Waals surface area contributed by atoms with Crippen molar-refractivity contribution in [3.8, 4) is 0 Å². The molecule has 0 aromatic heterocycles. The molecule has 5 atom stereocenters. The lowest BCUT2D eigenvalue weighted by Gasteiger charge is -2.37. The fraction of sp³-hybridized carbons (Fsp3) is 0.696. The Morgan fingerprint density at radius 1 is 1.06 bits per heavy atom. The third-order valence-electron chi connectivity index (χ3n) is 6.98. The highest BCUT2D eigenvalue weighted by Crippen LogP contribution is 2.57. The molecule has 8 heteroatoms. The molecule has 0 bridgehead atoms. The lowest BCUT2D eigenvalue weighted by Crippen LogP contribution is -2.56. The highest BCUT2D eigenvalue weighted by Gasteiger charge is 2.74. The molecule has 1 spiro atoms. The van der Waals surface area contributed by atoms with E-state index in [1.54, 1.807) is 24.0 Å². The van der Waals surface area contributed by atoms with E-state index in [4.69, 9.17) is 9.47 Å². The highest BCUT2D eigenvalue weighted by molar-refractivity contribution is 5.99. The van der Waals surface area contributed by atoms with Crippen molar-refractivity contribution < 1.29 is 29.0 Å². The van der Waals surface area contributed by atoms with Crippen LogP contribution in [0.5, 0.6) is 0 Å². The van der Waals surface area contributed by atoms with Crippen LogP contribution < -0.4 is 0 Å². The van der Waals surface area contributed by atoms with Crippen LogP contribution in [-0.4, -0.2) is 82.8 Å². The quantitative estimate of drug-likeness (QED) is 0.367. The van der Waals surface area contributed by atoms with Crippen LogP contribution in [0, 0.1) is 11.8 Å². The minimum absolute atomic E-state index is 0.0921. The van der Waals surface area contributed by atoms with Crippen molar-refractivity contribution in [2.45, 2.75) is 56.8 Å². The topological polar surface area (TPSA) is 96.4 Å². The Kier molecular flexibility index (Phi) is 5.96. The molecule has 31 heavy (non-hydrogen) atoms. The minimum atomic E-state index is -1.23. The van der Waals surface area contributed by atoms with Gasteiger partial charge >= 0.3 is 5.97 Å². The summed E-state index contributed by atoms with van der Waals surface area (Å²) in [6.07, 6.45) is 10.6. The number of esters is 1. The minimum Gasteiger partial charge on any atom is -0.461 e. The lowest BCUT2D eigenvalue weighted by molar-refractivity contribution is -0.157. The number of carbonyl (C=O) groups excluding carboxylic acids is 3. The van der Waals surface area contributed by atoms with Crippen LogP contribution in [0.1, 0.15) is 39.5 Å². The first-order valence-corrected chi connectivity index (χ1v) is 11.3. The monoisotopic (exact) mass is 432 g/mol. The Morgan fingerprint density at radius 3 is 2.61 bits per heavy atom. The molecule has 4 aliphatic rings. The summed E-state index contributed by atoms with van der Waals surface area (Å²) >= 11 is 0. The van der Waals surface area contributed by atoms with Gasteiger partial charge in [-0.25, -0.2) is 0 Å². The summed E-state index contributed by atoms with van der Waals surface area (Å²) in [5.74, 6) is -2.59. The molecular formula is C23H32N2O6. The molecule has 4 rings (SSSR count). The number of hydrogen-bond donors (Lipinski definition) is 1. The van der Waals surface area contributed by atoms with Crippen molar-refractivity contribution in [2.75, 3.05) is 32.8 Å². The standard InChI is InChI=1S/C23H32N2O6/c1-3-4-5-11-24-12-6-10-23-16(17-21(29)30-15-7-9-22(17,2)31-23)19(27)25(13-8-14-26)18(23)20(24)28/h6-7,9-10,16-18,26H,3-5,8,11-15H2,1-2H3/t16-,17+,18?,22-,23-/m0/s1. The maximum Gasteiger partial charge on any atom is 0.313 e. The molecule has 2 amide bonds. The highest BCUT2D eigenvalue weighted by atomic mass is 16.6. The summed E-state index contributed by atoms with van der Waals surface area (Å²) in [5.41, 5.74) is -2.26. The van der Waals surface area contributed by atoms with Crippen molar-refractivity contribution in [3.05, 3.63) is 24.3 Å². The van der Waals surface area contributed by atoms with E-state index in [1.165, 1.54) is 4.90 Å². The first kappa shape index (κ1) is 22.0. The predicted molar refractivity (Wildman–Crippen MR) is 112 cm³/mol. The largest absolute Gasteiger partial charge is 0.461 e. The second kappa shape index (κ2) is 8.39. The summed E-state index contributed by atoms with van der Waals surface area (Å²) in [7, 11) is 0. The molecule has 2 saturated heterocycles. The van der Waals surface area contributed by atoms with Gasteiger partial charge in [0.25, 0.3) is 0 Å². The average Bonchev–Trinajstić information content (AvgIpc) is 2.99. The molecule has 8 nitrogen and oxygen atoms in total. The smallest absolute Gasteiger partial charge is 0.313 e. The number of aliphatic hydroxyl groups excluding tert-OH is 1. The summed E-state index contributed by atoms with van der Waals surface area (Å²) in [5, 5.41) is 9.37. The third kappa shape index (κ3) is 3.40. The van der Waals surface area contributed by atoms with Crippen molar-refractivity contribution >= 4 is 17.8 Å². The molecule has 2 fully saturated rings. The zero-order valence-corrected chi connectivity index (χ0v) is 18.3. The number of unbranched alkanes of at least 4 members (excludes halogenated alkanes) is 2. The molecule has 1 N–H and O–H groups in total. The van der Waals surface area contributed by atoms with E-state index in [9.17, 15) is 19.5 Å². The van der Waals surface area contributed by atoms with E-state index >= 15 is 0 Å². The second-order valence-corrected chi connectivity index (χ2v) is 9.03. The summed E-state index contributed by atoms with van der Waals surface area (Å²) in [6, 6.07) is -0.859. The number of nitrogens with zero attached hydrogens (tertiary/aromatic N) is 2. The van der Waals surface area contributed by atoms with Crippen LogP contribution >= 0.6 is 0 Å². The number of carbonyl (C=O) groups is 3. The van der Waals surface area contributed by atoms with E-state index in [-0.39, 0.29) is 31.6 Å². The fourth-order valence-corrected chi connectivity index (χ4v) is 5.64. The Hall–Kier alpha value is -2.19. The molecule has 170 valence electrons. The maximum atomic E-state index is 13.8. The molecule has 0 aliphatic carbocycles. The predicted octanol–water partition coefficient (Wildman–Crippen LogP) is 1.04. The second-order valence-electron chi connectivity index (χ2n) is 9.03. The number of amides is 2. The van der Waals surface area contributed by atoms with Crippen LogP contribution in [0.15, 0.2) is 24.3 Å². The Labute approximate surface area is 182 Å². The zero-order chi connectivity index (χ0) is 22.2. The van der Waals surface area contributed by atoms with E-state index in [1.807, 2.05) is 12.2 Å². The van der Waals surface area contributed by atoms with Gasteiger partial charge in [-0.1, -0.05) is 38.0 Å². The van der Waals surface area contributed by atoms with Gasteiger partial charge in [-0.05, 0) is 25.8 Å². The van der Waals surface area contributed by atoms with E-state index in [0.717, 1.165) is 19.3 Å². The van der Waals surface area contributed by atoms with Crippen LogP contribution in [-0.2, 0) is 23.9 Å². The Balaban J connectivity index is 1.77. The third-order valence-corrected chi connectivity index (χ3v) is 6.98. The Morgan fingerprint density at radius 2 is 1.87 bits per heavy atom. The normalized spacial score (nSPS) is 36.7. The number of rotatable bonds is 7. The summed E-state index contributed by atoms with van der Waals surface area (Å²) in [4.78, 5) is 43.6. The number of fused-ring (bicyclic) bond motifs is 2. The summed E-state index contributed by atoms with van der Waals surface area (Å²) < 4.78 is 11.9. The van der Waals surface area contributed by atoms with Crippen molar-refractivity contribution in [1.29, 1.82) is 0 Å². The van der Waals surface area contributed by atoms with Crippen molar-refractivity contribution in [1.82, 2.24) is 9.80 Å². The summed E-state index contributed by atoms with van der Waals surface area (Å²) in [6.45, 7) is 5.24. The van der Waals surface area contributed by atoms with Gasteiger partial charge in [0.2, 0.25) is 11.8 Å². The van der Waals surface area contributed by atoms with Crippen LogP contribution in [0.2, 0.25) is 0 Å². The van der Waals surface area contributed by atoms with Gasteiger partial charge in [-0.15, -0.1) is 0 Å². The van der Waals surface area contributed by atoms with Crippen molar-refractivity contribution in [3.63, 3.8) is 0 Å². The van der Waals surface area contributed by atoms with Gasteiger partial charge in [-0.3, -0.25) is 14.4 Å². The molecule has 0 saturated carbocycles. The van der Waals surface area contributed by atoms with Gasteiger partial charge in [0.15, 0.2) is 0 Å². The number of ether oxygens (including phenoxy) is 2. The number of aliphatic hydroxyl groups is 1. The van der Waals surface area contributed by atoms with Crippen molar-refractivity contribution in [2.24, 2.45) is 11.8 Å². The average molecular weight is 433 g/mol. The Bertz CT molecular complexity index is 810. The number of hydrogen-bond acceptors (Lipinski definition) is 6. The number of cyclic esters (lactones) is 1. The van der Waals surface area contributed by atoms with Crippen LogP contribution in [0.4, 0.5) is 0 Å². The van der Waals surface area contributed by atoms with Gasteiger partial charge in [-0.2, -0.15) is 0 Å². The fourth-order valence-electron chi connectivity index (χ4n) is 5.64. The molecule has 1 unspecified atom stereocenters. The lowest BCUT2D eigenvalue weighted by atomic mass is 9.75. The maximum absolute atomic E-state index is 13.8. The molecule has 0 aromatic carbocycles. The number of likely N-dealkylation sites (tertiary alicyclic amines) is 1. The van der Waals surface area contributed by atoms with Crippen LogP contribution in [0.3, 0.4) is 0 Å². The first-order valence-electron chi connectivity index (χ1n) is 11.3. The molecule has 0 radical (unpaired) electrons. The van der Waals surface area contributed by atoms with E-state index < -0.39 is 35.0 Å². The van der Waals surface area contributed by atoms with Gasteiger partial charge in [0.1, 0.15) is 24.2 Å². The van der Waals surface area contributed by atoms with E-state index in [0.29, 0.717) is 19.5 Å². The molecule has 4 aliphatic heterocycles. The molecule has 4 heterocycles. The zero-order valence-electron chi connectivity index (χ0n) is 18.3. The van der Waals surface area contributed by atoms with E-state index in [2.05, 4.69) is 6.92 Å². The van der Waals surface area contributed by atoms with Gasteiger partial charge < -0.3 is 24.4 Å². The van der Waals surface area contributed by atoms with Gasteiger partial charge in [0.05, 0.1) is 11.5 Å². The SMILES string of the molecule is CCCCCN1CC=C[C@]23O[C@@]4(C)C=CCOC(=O)[C@H]4[C@H]2C(=O)N(CCCO)C3C1=O. The molecular weight excluding hydrogens is 400 g/mol.